The zero-order valence-electron chi connectivity index (χ0n) is 12.1. The summed E-state index contributed by atoms with van der Waals surface area (Å²) in [6, 6.07) is 7.57. The number of anilines is 1. The van der Waals surface area contributed by atoms with E-state index in [1.807, 2.05) is 45.0 Å². The van der Waals surface area contributed by atoms with Gasteiger partial charge in [0.05, 0.1) is 6.54 Å². The zero-order valence-corrected chi connectivity index (χ0v) is 13.7. The zero-order chi connectivity index (χ0) is 15.5. The lowest BCUT2D eigenvalue weighted by atomic mass is 9.94. The number of rotatable bonds is 5. The van der Waals surface area contributed by atoms with E-state index in [1.165, 1.54) is 11.3 Å². The number of nitrogens with zero attached hydrogens (tertiary/aromatic N) is 2. The van der Waals surface area contributed by atoms with Crippen LogP contribution in [0.4, 0.5) is 5.13 Å². The van der Waals surface area contributed by atoms with Crippen LogP contribution in [-0.4, -0.2) is 22.6 Å². The first-order valence-electron chi connectivity index (χ1n) is 6.48. The Kier molecular flexibility index (Phi) is 4.92. The molecule has 112 valence electrons. The van der Waals surface area contributed by atoms with Crippen LogP contribution in [0.2, 0.25) is 5.02 Å². The third-order valence-corrected chi connectivity index (χ3v) is 4.04. The smallest absolute Gasteiger partial charge is 0.240 e. The number of aromatic nitrogens is 2. The topological polar surface area (TPSA) is 66.9 Å². The molecule has 0 fully saturated rings. The van der Waals surface area contributed by atoms with Crippen molar-refractivity contribution in [1.82, 2.24) is 15.5 Å². The largest absolute Gasteiger partial charge is 0.299 e. The van der Waals surface area contributed by atoms with Crippen molar-refractivity contribution >= 4 is 34.0 Å². The summed E-state index contributed by atoms with van der Waals surface area (Å²) >= 11 is 7.24. The Balaban J connectivity index is 1.91. The lowest BCUT2D eigenvalue weighted by molar-refractivity contribution is -0.115. The molecule has 0 atom stereocenters. The Labute approximate surface area is 132 Å². The summed E-state index contributed by atoms with van der Waals surface area (Å²) in [5, 5.41) is 15.7. The van der Waals surface area contributed by atoms with Gasteiger partial charge >= 0.3 is 0 Å². The van der Waals surface area contributed by atoms with Gasteiger partial charge in [0.1, 0.15) is 5.01 Å². The number of halogens is 1. The van der Waals surface area contributed by atoms with E-state index in [0.29, 0.717) is 10.2 Å². The van der Waals surface area contributed by atoms with Crippen LogP contribution in [0.25, 0.3) is 0 Å². The molecule has 1 aromatic heterocycles. The van der Waals surface area contributed by atoms with Crippen molar-refractivity contribution in [3.63, 3.8) is 0 Å². The maximum Gasteiger partial charge on any atom is 0.240 e. The molecule has 1 amide bonds. The van der Waals surface area contributed by atoms with Crippen LogP contribution in [0.3, 0.4) is 0 Å². The van der Waals surface area contributed by atoms with Crippen molar-refractivity contribution in [2.24, 2.45) is 0 Å². The van der Waals surface area contributed by atoms with Gasteiger partial charge in [0, 0.05) is 10.6 Å². The number of aryl methyl sites for hydroxylation is 1. The second-order valence-electron chi connectivity index (χ2n) is 5.16. The molecule has 5 nitrogen and oxygen atoms in total. The van der Waals surface area contributed by atoms with E-state index >= 15 is 0 Å². The summed E-state index contributed by atoms with van der Waals surface area (Å²) in [5.74, 6) is -0.145. The molecule has 0 saturated heterocycles. The molecule has 2 rings (SSSR count). The van der Waals surface area contributed by atoms with Crippen LogP contribution in [0, 0.1) is 6.92 Å². The predicted octanol–water partition coefficient (Wildman–Crippen LogP) is 2.96. The number of amides is 1. The first-order chi connectivity index (χ1) is 9.87. The standard InChI is InChI=1S/C14H17ClN4OS/c1-9-18-19-13(21-9)17-12(20)8-16-14(2,3)10-4-6-11(15)7-5-10/h4-7,16H,8H2,1-3H3,(H,17,19,20). The molecule has 0 aliphatic carbocycles. The maximum atomic E-state index is 11.9. The van der Waals surface area contributed by atoms with Gasteiger partial charge in [-0.1, -0.05) is 35.1 Å². The second kappa shape index (κ2) is 6.51. The fourth-order valence-corrected chi connectivity index (χ4v) is 2.51. The average molecular weight is 325 g/mol. The molecular weight excluding hydrogens is 308 g/mol. The highest BCUT2D eigenvalue weighted by Crippen LogP contribution is 2.21. The highest BCUT2D eigenvalue weighted by Gasteiger charge is 2.21. The summed E-state index contributed by atoms with van der Waals surface area (Å²) < 4.78 is 0. The number of carbonyl (C=O) groups is 1. The molecule has 1 heterocycles. The van der Waals surface area contributed by atoms with Crippen LogP contribution in [0.15, 0.2) is 24.3 Å². The lowest BCUT2D eigenvalue weighted by Gasteiger charge is -2.26. The van der Waals surface area contributed by atoms with Crippen molar-refractivity contribution < 1.29 is 4.79 Å². The number of benzene rings is 1. The minimum atomic E-state index is -0.334. The first kappa shape index (κ1) is 15.9. The first-order valence-corrected chi connectivity index (χ1v) is 7.67. The van der Waals surface area contributed by atoms with E-state index in [4.69, 9.17) is 11.6 Å². The lowest BCUT2D eigenvalue weighted by Crippen LogP contribution is -2.41. The Morgan fingerprint density at radius 3 is 2.52 bits per heavy atom. The van der Waals surface area contributed by atoms with Gasteiger partial charge in [0.25, 0.3) is 0 Å². The minimum absolute atomic E-state index is 0.145. The monoisotopic (exact) mass is 324 g/mol. The molecule has 2 aromatic rings. The van der Waals surface area contributed by atoms with E-state index in [2.05, 4.69) is 20.8 Å². The SMILES string of the molecule is Cc1nnc(NC(=O)CNC(C)(C)c2ccc(Cl)cc2)s1. The van der Waals surface area contributed by atoms with Gasteiger partial charge in [-0.15, -0.1) is 10.2 Å². The van der Waals surface area contributed by atoms with Gasteiger partial charge in [0.15, 0.2) is 0 Å². The van der Waals surface area contributed by atoms with Gasteiger partial charge in [-0.3, -0.25) is 15.4 Å². The Morgan fingerprint density at radius 1 is 1.29 bits per heavy atom. The fraction of sp³-hybridized carbons (Fsp3) is 0.357. The van der Waals surface area contributed by atoms with E-state index in [0.717, 1.165) is 10.6 Å². The molecule has 2 N–H and O–H groups in total. The van der Waals surface area contributed by atoms with Crippen LogP contribution >= 0.6 is 22.9 Å². The van der Waals surface area contributed by atoms with Crippen LogP contribution in [-0.2, 0) is 10.3 Å². The molecule has 0 spiro atoms. The second-order valence-corrected chi connectivity index (χ2v) is 6.78. The predicted molar refractivity (Wildman–Crippen MR) is 85.8 cm³/mol. The van der Waals surface area contributed by atoms with Crippen LogP contribution in [0.5, 0.6) is 0 Å². The molecule has 0 radical (unpaired) electrons. The Bertz CT molecular complexity index is 624. The van der Waals surface area contributed by atoms with Crippen LogP contribution in [0.1, 0.15) is 24.4 Å². The number of nitrogens with one attached hydrogen (secondary N) is 2. The van der Waals surface area contributed by atoms with Crippen molar-refractivity contribution in [3.8, 4) is 0 Å². The third kappa shape index (κ3) is 4.49. The van der Waals surface area contributed by atoms with Crippen molar-refractivity contribution in [2.45, 2.75) is 26.3 Å². The molecule has 0 bridgehead atoms. The van der Waals surface area contributed by atoms with Crippen molar-refractivity contribution in [2.75, 3.05) is 11.9 Å². The number of carbonyl (C=O) groups excluding carboxylic acids is 1. The average Bonchev–Trinajstić information content (AvgIpc) is 2.82. The van der Waals surface area contributed by atoms with Gasteiger partial charge in [0.2, 0.25) is 11.0 Å². The third-order valence-electron chi connectivity index (χ3n) is 3.03. The number of hydrogen-bond acceptors (Lipinski definition) is 5. The Morgan fingerprint density at radius 2 is 1.95 bits per heavy atom. The molecule has 21 heavy (non-hydrogen) atoms. The Hall–Kier alpha value is -1.50. The van der Waals surface area contributed by atoms with Gasteiger partial charge in [-0.25, -0.2) is 0 Å². The summed E-state index contributed by atoms with van der Waals surface area (Å²) in [5.41, 5.74) is 0.727. The van der Waals surface area contributed by atoms with Gasteiger partial charge in [-0.2, -0.15) is 0 Å². The summed E-state index contributed by atoms with van der Waals surface area (Å²) in [6.07, 6.45) is 0. The summed E-state index contributed by atoms with van der Waals surface area (Å²) in [7, 11) is 0. The van der Waals surface area contributed by atoms with E-state index in [-0.39, 0.29) is 18.0 Å². The van der Waals surface area contributed by atoms with Crippen molar-refractivity contribution in [1.29, 1.82) is 0 Å². The molecule has 1 aromatic carbocycles. The summed E-state index contributed by atoms with van der Waals surface area (Å²) in [4.78, 5) is 11.9. The van der Waals surface area contributed by atoms with Crippen LogP contribution < -0.4 is 10.6 Å². The number of hydrogen-bond donors (Lipinski definition) is 2. The highest BCUT2D eigenvalue weighted by atomic mass is 35.5. The fourth-order valence-electron chi connectivity index (χ4n) is 1.78. The van der Waals surface area contributed by atoms with E-state index in [1.54, 1.807) is 0 Å². The normalized spacial score (nSPS) is 11.4. The summed E-state index contributed by atoms with van der Waals surface area (Å²) in [6.45, 7) is 6.06. The van der Waals surface area contributed by atoms with Gasteiger partial charge in [-0.05, 0) is 38.5 Å². The molecule has 0 saturated carbocycles. The van der Waals surface area contributed by atoms with Crippen molar-refractivity contribution in [3.05, 3.63) is 39.9 Å². The molecule has 0 aliphatic heterocycles. The van der Waals surface area contributed by atoms with Gasteiger partial charge < -0.3 is 0 Å². The van der Waals surface area contributed by atoms with E-state index < -0.39 is 0 Å². The molecular formula is C14H17ClN4OS. The molecule has 7 heteroatoms. The van der Waals surface area contributed by atoms with E-state index in [9.17, 15) is 4.79 Å². The maximum absolute atomic E-state index is 11.9. The highest BCUT2D eigenvalue weighted by molar-refractivity contribution is 7.15. The molecule has 0 aliphatic rings. The molecule has 0 unspecified atom stereocenters. The quantitative estimate of drug-likeness (QED) is 0.887. The minimum Gasteiger partial charge on any atom is -0.299 e.